The Morgan fingerprint density at radius 2 is 1.89 bits per heavy atom. The fraction of sp³-hybridized carbons (Fsp3) is 0.158. The lowest BCUT2D eigenvalue weighted by atomic mass is 10.1. The van der Waals surface area contributed by atoms with Gasteiger partial charge in [-0.25, -0.2) is 4.68 Å². The van der Waals surface area contributed by atoms with E-state index in [0.717, 1.165) is 26.9 Å². The lowest BCUT2D eigenvalue weighted by molar-refractivity contribution is 0.573. The molecule has 27 heavy (non-hydrogen) atoms. The van der Waals surface area contributed by atoms with E-state index in [-0.39, 0.29) is 0 Å². The topological polar surface area (TPSA) is 64.3 Å². The zero-order valence-electron chi connectivity index (χ0n) is 14.8. The molecule has 0 saturated carbocycles. The van der Waals surface area contributed by atoms with Crippen LogP contribution in [0, 0.1) is 18.5 Å². The molecule has 0 radical (unpaired) electrons. The molecule has 8 heteroatoms. The largest absolute Gasteiger partial charge is 0.299 e. The minimum absolute atomic E-state index is 0.511. The van der Waals surface area contributed by atoms with E-state index < -0.39 is 0 Å². The summed E-state index contributed by atoms with van der Waals surface area (Å²) >= 11 is 9.09. The SMILES string of the molecule is Cc1ccc(C)c(-n2[nH]cc(-c3nnn(Cc4ccc(Br)cc4)n3)c2=S)c1. The Morgan fingerprint density at radius 3 is 2.67 bits per heavy atom. The first-order valence-corrected chi connectivity index (χ1v) is 9.62. The van der Waals surface area contributed by atoms with Crippen molar-refractivity contribution >= 4 is 28.1 Å². The third-order valence-electron chi connectivity index (χ3n) is 4.31. The number of halogens is 1. The lowest BCUT2D eigenvalue weighted by Crippen LogP contribution is -2.03. The Kier molecular flexibility index (Phi) is 4.75. The summed E-state index contributed by atoms with van der Waals surface area (Å²) in [5.41, 5.74) is 5.19. The van der Waals surface area contributed by atoms with Crippen LogP contribution in [0.1, 0.15) is 16.7 Å². The number of benzene rings is 2. The van der Waals surface area contributed by atoms with Crippen molar-refractivity contribution in [1.29, 1.82) is 0 Å². The first kappa shape index (κ1) is 17.8. The number of aromatic nitrogens is 6. The molecule has 136 valence electrons. The molecule has 2 aromatic carbocycles. The molecule has 0 aliphatic rings. The smallest absolute Gasteiger partial charge is 0.209 e. The number of H-pyrrole nitrogens is 1. The molecule has 0 saturated heterocycles. The van der Waals surface area contributed by atoms with Crippen LogP contribution in [-0.4, -0.2) is 30.0 Å². The van der Waals surface area contributed by atoms with Crippen molar-refractivity contribution in [3.05, 3.63) is 74.5 Å². The molecule has 1 N–H and O–H groups in total. The third-order valence-corrected chi connectivity index (χ3v) is 5.24. The predicted octanol–water partition coefficient (Wildman–Crippen LogP) is 4.62. The maximum absolute atomic E-state index is 5.65. The number of nitrogens with one attached hydrogen (secondary N) is 1. The van der Waals surface area contributed by atoms with Gasteiger partial charge in [0.1, 0.15) is 4.64 Å². The van der Waals surface area contributed by atoms with E-state index in [1.807, 2.05) is 35.1 Å². The fourth-order valence-electron chi connectivity index (χ4n) is 2.84. The van der Waals surface area contributed by atoms with E-state index in [0.29, 0.717) is 17.0 Å². The van der Waals surface area contributed by atoms with Gasteiger partial charge in [0.15, 0.2) is 0 Å². The Morgan fingerprint density at radius 1 is 1.11 bits per heavy atom. The van der Waals surface area contributed by atoms with Gasteiger partial charge in [0.2, 0.25) is 5.82 Å². The maximum Gasteiger partial charge on any atom is 0.209 e. The number of aromatic amines is 1. The predicted molar refractivity (Wildman–Crippen MR) is 110 cm³/mol. The number of hydrogen-bond donors (Lipinski definition) is 1. The van der Waals surface area contributed by atoms with Crippen LogP contribution >= 0.6 is 28.1 Å². The van der Waals surface area contributed by atoms with E-state index in [1.54, 1.807) is 4.80 Å². The van der Waals surface area contributed by atoms with Gasteiger partial charge in [-0.1, -0.05) is 52.4 Å². The van der Waals surface area contributed by atoms with Crippen LogP contribution < -0.4 is 0 Å². The van der Waals surface area contributed by atoms with Crippen molar-refractivity contribution in [2.75, 3.05) is 0 Å². The van der Waals surface area contributed by atoms with Crippen LogP contribution in [0.5, 0.6) is 0 Å². The highest BCUT2D eigenvalue weighted by Crippen LogP contribution is 2.21. The first-order valence-electron chi connectivity index (χ1n) is 8.42. The zero-order chi connectivity index (χ0) is 19.0. The maximum atomic E-state index is 5.65. The van der Waals surface area contributed by atoms with Crippen LogP contribution in [0.25, 0.3) is 17.1 Å². The minimum atomic E-state index is 0.511. The van der Waals surface area contributed by atoms with E-state index >= 15 is 0 Å². The van der Waals surface area contributed by atoms with Crippen LogP contribution in [0.15, 0.2) is 53.1 Å². The van der Waals surface area contributed by atoms with Gasteiger partial charge in [-0.15, -0.1) is 10.2 Å². The van der Waals surface area contributed by atoms with Gasteiger partial charge in [0, 0.05) is 10.7 Å². The molecule has 0 unspecified atom stereocenters. The van der Waals surface area contributed by atoms with Crippen LogP contribution in [0.2, 0.25) is 0 Å². The van der Waals surface area contributed by atoms with Gasteiger partial charge in [0.05, 0.1) is 17.8 Å². The summed E-state index contributed by atoms with van der Waals surface area (Å²) in [6.07, 6.45) is 1.82. The molecule has 0 amide bonds. The average molecular weight is 441 g/mol. The molecule has 0 aliphatic heterocycles. The first-order chi connectivity index (χ1) is 13.0. The quantitative estimate of drug-likeness (QED) is 0.470. The Hall–Kier alpha value is -2.58. The summed E-state index contributed by atoms with van der Waals surface area (Å²) in [4.78, 5) is 1.57. The van der Waals surface area contributed by atoms with Gasteiger partial charge in [-0.3, -0.25) is 5.10 Å². The van der Waals surface area contributed by atoms with Crippen molar-refractivity contribution in [1.82, 2.24) is 30.0 Å². The highest BCUT2D eigenvalue weighted by Gasteiger charge is 2.13. The van der Waals surface area contributed by atoms with E-state index in [4.69, 9.17) is 12.2 Å². The molecule has 0 aliphatic carbocycles. The second-order valence-electron chi connectivity index (χ2n) is 6.39. The van der Waals surface area contributed by atoms with Gasteiger partial charge >= 0.3 is 0 Å². The van der Waals surface area contributed by atoms with Crippen LogP contribution in [-0.2, 0) is 6.54 Å². The third kappa shape index (κ3) is 3.63. The molecular weight excluding hydrogens is 424 g/mol. The summed E-state index contributed by atoms with van der Waals surface area (Å²) in [5, 5.41) is 16.0. The highest BCUT2D eigenvalue weighted by molar-refractivity contribution is 9.10. The summed E-state index contributed by atoms with van der Waals surface area (Å²) in [7, 11) is 0. The summed E-state index contributed by atoms with van der Waals surface area (Å²) in [6.45, 7) is 4.67. The summed E-state index contributed by atoms with van der Waals surface area (Å²) < 4.78 is 3.55. The number of hydrogen-bond acceptors (Lipinski definition) is 4. The molecule has 2 heterocycles. The van der Waals surface area contributed by atoms with E-state index in [1.165, 1.54) is 5.56 Å². The Bertz CT molecular complexity index is 1160. The molecule has 4 aromatic rings. The normalized spacial score (nSPS) is 11.1. The van der Waals surface area contributed by atoms with Crippen molar-refractivity contribution < 1.29 is 0 Å². The molecule has 4 rings (SSSR count). The molecule has 0 bridgehead atoms. The van der Waals surface area contributed by atoms with E-state index in [2.05, 4.69) is 68.5 Å². The lowest BCUT2D eigenvalue weighted by Gasteiger charge is -2.07. The summed E-state index contributed by atoms with van der Waals surface area (Å²) in [6, 6.07) is 14.3. The fourth-order valence-corrected chi connectivity index (χ4v) is 3.41. The minimum Gasteiger partial charge on any atom is -0.299 e. The number of tetrazole rings is 1. The Balaban J connectivity index is 1.64. The molecule has 0 fully saturated rings. The van der Waals surface area contributed by atoms with Gasteiger partial charge < -0.3 is 0 Å². The highest BCUT2D eigenvalue weighted by atomic mass is 79.9. The molecule has 6 nitrogen and oxygen atoms in total. The van der Waals surface area contributed by atoms with Crippen LogP contribution in [0.4, 0.5) is 0 Å². The number of aryl methyl sites for hydroxylation is 2. The van der Waals surface area contributed by atoms with Gasteiger partial charge in [-0.05, 0) is 54.0 Å². The second kappa shape index (κ2) is 7.21. The molecule has 0 atom stereocenters. The van der Waals surface area contributed by atoms with Gasteiger partial charge in [0.25, 0.3) is 0 Å². The molecule has 2 aromatic heterocycles. The van der Waals surface area contributed by atoms with Crippen molar-refractivity contribution in [3.63, 3.8) is 0 Å². The summed E-state index contributed by atoms with van der Waals surface area (Å²) in [5.74, 6) is 0.511. The van der Waals surface area contributed by atoms with Crippen molar-refractivity contribution in [3.8, 4) is 17.1 Å². The van der Waals surface area contributed by atoms with Crippen LogP contribution in [0.3, 0.4) is 0 Å². The second-order valence-corrected chi connectivity index (χ2v) is 7.69. The van der Waals surface area contributed by atoms with Crippen molar-refractivity contribution in [2.45, 2.75) is 20.4 Å². The molecule has 0 spiro atoms. The standard InChI is InChI=1S/C19H17BrN6S/c1-12-3-4-13(2)17(9-12)26-19(27)16(10-21-26)18-22-24-25(23-18)11-14-5-7-15(20)8-6-14/h3-10,21H,11H2,1-2H3. The number of rotatable bonds is 4. The van der Waals surface area contributed by atoms with E-state index in [9.17, 15) is 0 Å². The van der Waals surface area contributed by atoms with Crippen molar-refractivity contribution in [2.24, 2.45) is 0 Å². The zero-order valence-corrected chi connectivity index (χ0v) is 17.3. The van der Waals surface area contributed by atoms with Gasteiger partial charge in [-0.2, -0.15) is 4.80 Å². The number of nitrogens with zero attached hydrogens (tertiary/aromatic N) is 5. The Labute approximate surface area is 170 Å². The average Bonchev–Trinajstić information content (AvgIpc) is 3.25. The monoisotopic (exact) mass is 440 g/mol. The molecular formula is C19H17BrN6S.